The number of fused-ring (bicyclic) bond motifs is 7. The molecule has 3 saturated heterocycles. The lowest BCUT2D eigenvalue weighted by Gasteiger charge is -2.36. The summed E-state index contributed by atoms with van der Waals surface area (Å²) in [5.74, 6) is -2.92. The Hall–Kier alpha value is -2.63. The zero-order chi connectivity index (χ0) is 23.2. The summed E-state index contributed by atoms with van der Waals surface area (Å²) in [5, 5.41) is 13.0. The summed E-state index contributed by atoms with van der Waals surface area (Å²) in [5.41, 5.74) is 0.0241. The smallest absolute Gasteiger partial charge is 0.250 e. The average molecular weight is 502 g/mol. The zero-order valence-corrected chi connectivity index (χ0v) is 19.2. The topological polar surface area (TPSA) is 93.5 Å². The molecule has 166 valence electrons. The molecule has 4 aliphatic rings. The van der Waals surface area contributed by atoms with Gasteiger partial charge in [0.05, 0.1) is 39.9 Å². The van der Waals surface area contributed by atoms with Crippen molar-refractivity contribution >= 4 is 63.9 Å². The first kappa shape index (κ1) is 20.9. The summed E-state index contributed by atoms with van der Waals surface area (Å²) in [7, 11) is 0. The maximum atomic E-state index is 13.9. The summed E-state index contributed by atoms with van der Waals surface area (Å²) in [6.07, 6.45) is 1.48. The molecule has 0 saturated carbocycles. The van der Waals surface area contributed by atoms with Gasteiger partial charge in [0.1, 0.15) is 5.54 Å². The Morgan fingerprint density at radius 1 is 1.03 bits per heavy atom. The van der Waals surface area contributed by atoms with Crippen LogP contribution in [-0.2, 0) is 19.9 Å². The number of imide groups is 1. The maximum Gasteiger partial charge on any atom is 0.250 e. The Balaban J connectivity index is 1.57. The van der Waals surface area contributed by atoms with Gasteiger partial charge >= 0.3 is 0 Å². The summed E-state index contributed by atoms with van der Waals surface area (Å²) < 4.78 is 0. The lowest BCUT2D eigenvalue weighted by Crippen LogP contribution is -2.54. The third-order valence-corrected chi connectivity index (χ3v) is 8.02. The molecule has 2 aromatic carbocycles. The van der Waals surface area contributed by atoms with E-state index in [1.165, 1.54) is 18.2 Å². The highest BCUT2D eigenvalue weighted by Crippen LogP contribution is 2.61. The van der Waals surface area contributed by atoms with Crippen LogP contribution in [-0.4, -0.2) is 35.2 Å². The number of nitrogens with zero attached hydrogens (tertiary/aromatic N) is 3. The molecule has 1 spiro atoms. The summed E-state index contributed by atoms with van der Waals surface area (Å²) in [6.45, 7) is 0.574. The van der Waals surface area contributed by atoms with Gasteiger partial charge in [0.2, 0.25) is 11.8 Å². The van der Waals surface area contributed by atoms with Crippen molar-refractivity contribution < 1.29 is 14.4 Å². The molecule has 3 fully saturated rings. The van der Waals surface area contributed by atoms with Gasteiger partial charge in [0.25, 0.3) is 5.91 Å². The van der Waals surface area contributed by atoms with Crippen LogP contribution in [0.5, 0.6) is 0 Å². The number of rotatable bonds is 1. The minimum Gasteiger partial charge on any atom is -0.323 e. The van der Waals surface area contributed by atoms with Crippen molar-refractivity contribution in [3.63, 3.8) is 0 Å². The van der Waals surface area contributed by atoms with E-state index in [1.807, 2.05) is 11.0 Å². The van der Waals surface area contributed by atoms with Crippen LogP contribution in [0, 0.1) is 23.2 Å². The predicted molar refractivity (Wildman–Crippen MR) is 122 cm³/mol. The monoisotopic (exact) mass is 500 g/mol. The molecule has 0 aromatic heterocycles. The van der Waals surface area contributed by atoms with E-state index < -0.39 is 23.3 Å². The minimum absolute atomic E-state index is 0.228. The lowest BCUT2D eigenvalue weighted by molar-refractivity contribution is -0.135. The molecular formula is C23H15Cl3N4O3. The van der Waals surface area contributed by atoms with Crippen LogP contribution in [0.2, 0.25) is 15.1 Å². The first-order valence-corrected chi connectivity index (χ1v) is 11.6. The van der Waals surface area contributed by atoms with E-state index in [0.29, 0.717) is 29.2 Å². The molecule has 0 bridgehead atoms. The number of carbonyl (C=O) groups is 3. The van der Waals surface area contributed by atoms with Crippen molar-refractivity contribution in [1.29, 1.82) is 5.26 Å². The van der Waals surface area contributed by atoms with E-state index in [0.717, 1.165) is 11.3 Å². The molecular weight excluding hydrogens is 487 g/mol. The van der Waals surface area contributed by atoms with E-state index in [9.17, 15) is 19.6 Å². The quantitative estimate of drug-likeness (QED) is 0.597. The van der Waals surface area contributed by atoms with Crippen molar-refractivity contribution in [3.8, 4) is 6.07 Å². The minimum atomic E-state index is -1.38. The molecule has 4 atom stereocenters. The van der Waals surface area contributed by atoms with Crippen molar-refractivity contribution in [2.45, 2.75) is 24.4 Å². The standard InChI is InChI=1S/C23H15Cl3N4O3/c24-11-4-10(9-27)5-13(6-11)30-20(31)17-16-2-1-3-29(16)23(18(17)21(30)32)14-7-12(25)8-15(26)19(14)28-22(23)33/h4-8,16-18H,1-3H2,(H,28,33). The molecule has 4 aliphatic heterocycles. The molecule has 6 rings (SSSR count). The summed E-state index contributed by atoms with van der Waals surface area (Å²) >= 11 is 18.9. The fourth-order valence-corrected chi connectivity index (χ4v) is 7.02. The highest BCUT2D eigenvalue weighted by Gasteiger charge is 2.74. The normalized spacial score (nSPS) is 29.9. The van der Waals surface area contributed by atoms with Gasteiger partial charge in [-0.2, -0.15) is 5.26 Å². The second-order valence-corrected chi connectivity index (χ2v) is 10.0. The van der Waals surface area contributed by atoms with E-state index in [4.69, 9.17) is 34.8 Å². The Kier molecular flexibility index (Phi) is 4.40. The van der Waals surface area contributed by atoms with Crippen LogP contribution < -0.4 is 10.2 Å². The first-order valence-electron chi connectivity index (χ1n) is 10.4. The molecule has 0 aliphatic carbocycles. The third kappa shape index (κ3) is 2.52. The molecule has 3 amide bonds. The van der Waals surface area contributed by atoms with Gasteiger partial charge in [-0.15, -0.1) is 0 Å². The third-order valence-electron chi connectivity index (χ3n) is 7.29. The lowest BCUT2D eigenvalue weighted by atomic mass is 9.75. The second kappa shape index (κ2) is 6.94. The van der Waals surface area contributed by atoms with Gasteiger partial charge in [-0.25, -0.2) is 4.90 Å². The molecule has 4 unspecified atom stereocenters. The number of anilines is 2. The van der Waals surface area contributed by atoms with Crippen LogP contribution in [0.15, 0.2) is 30.3 Å². The second-order valence-electron chi connectivity index (χ2n) is 8.76. The van der Waals surface area contributed by atoms with E-state index in [1.54, 1.807) is 12.1 Å². The van der Waals surface area contributed by atoms with Gasteiger partial charge < -0.3 is 5.32 Å². The van der Waals surface area contributed by atoms with Crippen molar-refractivity contribution in [3.05, 3.63) is 56.5 Å². The number of nitriles is 1. The van der Waals surface area contributed by atoms with Crippen molar-refractivity contribution in [1.82, 2.24) is 4.90 Å². The zero-order valence-electron chi connectivity index (χ0n) is 16.9. The first-order chi connectivity index (χ1) is 15.8. The van der Waals surface area contributed by atoms with E-state index in [-0.39, 0.29) is 39.2 Å². The Labute approximate surface area is 203 Å². The highest BCUT2D eigenvalue weighted by molar-refractivity contribution is 6.38. The molecule has 7 nitrogen and oxygen atoms in total. The SMILES string of the molecule is N#Cc1cc(Cl)cc(N2C(=O)C3C4CCCN4C4(C(=O)Nc5c(Cl)cc(Cl)cc54)C3C2=O)c1. The number of benzene rings is 2. The number of carbonyl (C=O) groups excluding carboxylic acids is 3. The van der Waals surface area contributed by atoms with Gasteiger partial charge in [-0.1, -0.05) is 34.8 Å². The van der Waals surface area contributed by atoms with Gasteiger partial charge in [0, 0.05) is 21.7 Å². The van der Waals surface area contributed by atoms with Gasteiger partial charge in [-0.3, -0.25) is 19.3 Å². The summed E-state index contributed by atoms with van der Waals surface area (Å²) in [6, 6.07) is 9.31. The van der Waals surface area contributed by atoms with Crippen LogP contribution in [0.25, 0.3) is 0 Å². The number of amides is 3. The fraction of sp³-hybridized carbons (Fsp3) is 0.304. The van der Waals surface area contributed by atoms with E-state index in [2.05, 4.69) is 5.32 Å². The Bertz CT molecular complexity index is 1340. The maximum absolute atomic E-state index is 13.9. The largest absolute Gasteiger partial charge is 0.323 e. The molecule has 10 heteroatoms. The number of hydrogen-bond donors (Lipinski definition) is 1. The molecule has 4 heterocycles. The van der Waals surface area contributed by atoms with E-state index >= 15 is 0 Å². The average Bonchev–Trinajstić information content (AvgIpc) is 3.46. The van der Waals surface area contributed by atoms with Crippen molar-refractivity contribution in [2.75, 3.05) is 16.8 Å². The van der Waals surface area contributed by atoms with Crippen LogP contribution in [0.4, 0.5) is 11.4 Å². The van der Waals surface area contributed by atoms with Crippen LogP contribution >= 0.6 is 34.8 Å². The molecule has 2 aromatic rings. The van der Waals surface area contributed by atoms with Gasteiger partial charge in [-0.05, 0) is 49.7 Å². The number of halogens is 3. The Morgan fingerprint density at radius 3 is 2.55 bits per heavy atom. The fourth-order valence-electron chi connectivity index (χ4n) is 6.25. The summed E-state index contributed by atoms with van der Waals surface area (Å²) in [4.78, 5) is 44.4. The number of nitrogens with one attached hydrogen (secondary N) is 1. The van der Waals surface area contributed by atoms with Crippen LogP contribution in [0.3, 0.4) is 0 Å². The molecule has 0 radical (unpaired) electrons. The predicted octanol–water partition coefficient (Wildman–Crippen LogP) is 3.95. The van der Waals surface area contributed by atoms with Crippen molar-refractivity contribution in [2.24, 2.45) is 11.8 Å². The highest BCUT2D eigenvalue weighted by atomic mass is 35.5. The molecule has 33 heavy (non-hydrogen) atoms. The molecule has 1 N–H and O–H groups in total. The Morgan fingerprint density at radius 2 is 1.79 bits per heavy atom. The number of hydrogen-bond acceptors (Lipinski definition) is 5. The van der Waals surface area contributed by atoms with Crippen LogP contribution in [0.1, 0.15) is 24.0 Å². The van der Waals surface area contributed by atoms with Gasteiger partial charge in [0.15, 0.2) is 0 Å².